The van der Waals surface area contributed by atoms with Crippen molar-refractivity contribution in [2.45, 2.75) is 17.9 Å². The van der Waals surface area contributed by atoms with Gasteiger partial charge in [0.25, 0.3) is 5.91 Å². The molecular formula is C21H18F3N7O3S. The van der Waals surface area contributed by atoms with Gasteiger partial charge in [-0.2, -0.15) is 18.3 Å². The van der Waals surface area contributed by atoms with E-state index in [1.54, 1.807) is 24.4 Å². The summed E-state index contributed by atoms with van der Waals surface area (Å²) in [5.74, 6) is -0.699. The number of alkyl halides is 3. The van der Waals surface area contributed by atoms with Crippen LogP contribution in [0.25, 0.3) is 10.9 Å². The Bertz CT molecular complexity index is 1490. The van der Waals surface area contributed by atoms with Gasteiger partial charge in [0.2, 0.25) is 5.16 Å². The van der Waals surface area contributed by atoms with Crippen LogP contribution in [-0.4, -0.2) is 47.7 Å². The smallest absolute Gasteiger partial charge is 0.433 e. The first-order chi connectivity index (χ1) is 16.6. The van der Waals surface area contributed by atoms with Crippen LogP contribution in [0, 0.1) is 4.78 Å². The van der Waals surface area contributed by atoms with E-state index < -0.39 is 33.2 Å². The molecule has 14 heteroatoms. The van der Waals surface area contributed by atoms with Crippen LogP contribution in [0.5, 0.6) is 5.75 Å². The summed E-state index contributed by atoms with van der Waals surface area (Å²) in [6.07, 6.45) is -0.240. The Morgan fingerprint density at radius 2 is 1.94 bits per heavy atom. The number of carbonyl (C=O) groups is 1. The van der Waals surface area contributed by atoms with Crippen molar-refractivity contribution >= 4 is 32.2 Å². The number of carbonyl (C=O) groups excluding carboxylic acids is 1. The average molecular weight is 505 g/mol. The summed E-state index contributed by atoms with van der Waals surface area (Å²) in [6.45, 7) is 0.132. The minimum Gasteiger partial charge on any atom is -0.494 e. The molecule has 10 nitrogen and oxygen atoms in total. The van der Waals surface area contributed by atoms with E-state index in [0.29, 0.717) is 10.9 Å². The van der Waals surface area contributed by atoms with Gasteiger partial charge in [0, 0.05) is 30.0 Å². The second kappa shape index (κ2) is 9.29. The van der Waals surface area contributed by atoms with E-state index in [0.717, 1.165) is 12.1 Å². The molecule has 4 aromatic rings. The quantitative estimate of drug-likeness (QED) is 0.366. The third-order valence-electron chi connectivity index (χ3n) is 4.84. The van der Waals surface area contributed by atoms with Gasteiger partial charge >= 0.3 is 6.18 Å². The summed E-state index contributed by atoms with van der Waals surface area (Å²) in [4.78, 5) is 23.7. The van der Waals surface area contributed by atoms with Gasteiger partial charge in [-0.1, -0.05) is 6.07 Å². The van der Waals surface area contributed by atoms with Crippen molar-refractivity contribution < 1.29 is 26.9 Å². The van der Waals surface area contributed by atoms with Crippen LogP contribution < -0.4 is 10.1 Å². The molecule has 0 saturated heterocycles. The first-order valence-corrected chi connectivity index (χ1v) is 11.7. The number of rotatable bonds is 7. The molecule has 0 saturated carbocycles. The lowest BCUT2D eigenvalue weighted by Gasteiger charge is -2.11. The fourth-order valence-electron chi connectivity index (χ4n) is 3.16. The topological polar surface area (TPSA) is 136 Å². The molecule has 1 atom stereocenters. The van der Waals surface area contributed by atoms with Crippen molar-refractivity contribution in [3.8, 4) is 5.75 Å². The number of aryl methyl sites for hydroxylation is 1. The van der Waals surface area contributed by atoms with Crippen LogP contribution in [0.4, 0.5) is 18.9 Å². The summed E-state index contributed by atoms with van der Waals surface area (Å²) < 4.78 is 66.3. The first-order valence-electron chi connectivity index (χ1n) is 10.0. The van der Waals surface area contributed by atoms with Gasteiger partial charge in [0.15, 0.2) is 0 Å². The number of amides is 1. The number of nitrogens with one attached hydrogen (secondary N) is 2. The number of benzene rings is 1. The summed E-state index contributed by atoms with van der Waals surface area (Å²) in [6, 6.07) is 7.69. The van der Waals surface area contributed by atoms with Crippen molar-refractivity contribution in [2.24, 2.45) is 0 Å². The third-order valence-corrected chi connectivity index (χ3v) is 6.40. The zero-order valence-corrected chi connectivity index (χ0v) is 18.9. The van der Waals surface area contributed by atoms with Crippen molar-refractivity contribution in [3.63, 3.8) is 0 Å². The van der Waals surface area contributed by atoms with Crippen LogP contribution in [0.3, 0.4) is 0 Å². The number of hydrogen-bond donors (Lipinski definition) is 2. The number of ether oxygens (including phenoxy) is 1. The van der Waals surface area contributed by atoms with Gasteiger partial charge in [0.05, 0.1) is 30.6 Å². The normalized spacial score (nSPS) is 13.4. The van der Waals surface area contributed by atoms with E-state index in [2.05, 4.69) is 25.4 Å². The number of fused-ring (bicyclic) bond motifs is 1. The fraction of sp³-hybridized carbons (Fsp3) is 0.190. The van der Waals surface area contributed by atoms with Gasteiger partial charge in [-0.15, -0.1) is 0 Å². The maximum Gasteiger partial charge on any atom is 0.433 e. The molecule has 0 aliphatic rings. The van der Waals surface area contributed by atoms with E-state index in [4.69, 9.17) is 9.52 Å². The molecule has 0 fully saturated rings. The van der Waals surface area contributed by atoms with E-state index in [1.807, 2.05) is 0 Å². The standard InChI is InChI=1S/C21H18F3N7O3S/c1-34-17-11-15-13(12-31(30-15)8-9-35(25,33)20-26-6-3-7-27-20)10-16(17)29-19(32)14-4-2-5-18(28-14)21(22,23)24/h2-7,10-12,25H,8-9H2,1H3,(H,29,32). The number of aromatic nitrogens is 5. The summed E-state index contributed by atoms with van der Waals surface area (Å²) in [5, 5.41) is 7.40. The molecule has 3 heterocycles. The Morgan fingerprint density at radius 1 is 1.20 bits per heavy atom. The molecule has 3 aromatic heterocycles. The third kappa shape index (κ3) is 5.37. The van der Waals surface area contributed by atoms with E-state index in [-0.39, 0.29) is 28.9 Å². The Morgan fingerprint density at radius 3 is 2.63 bits per heavy atom. The number of pyridine rings is 1. The molecule has 182 valence electrons. The van der Waals surface area contributed by atoms with Crippen molar-refractivity contribution in [1.82, 2.24) is 24.7 Å². The first kappa shape index (κ1) is 24.1. The van der Waals surface area contributed by atoms with Crippen LogP contribution in [-0.2, 0) is 22.5 Å². The highest BCUT2D eigenvalue weighted by atomic mass is 32.2. The molecule has 0 radical (unpaired) electrons. The highest BCUT2D eigenvalue weighted by Crippen LogP contribution is 2.31. The van der Waals surface area contributed by atoms with Crippen molar-refractivity contribution in [2.75, 3.05) is 18.2 Å². The van der Waals surface area contributed by atoms with Crippen LogP contribution in [0.15, 0.2) is 60.1 Å². The zero-order valence-electron chi connectivity index (χ0n) is 18.1. The lowest BCUT2D eigenvalue weighted by atomic mass is 10.2. The molecule has 0 bridgehead atoms. The molecule has 4 rings (SSSR count). The van der Waals surface area contributed by atoms with Gasteiger partial charge in [0.1, 0.15) is 26.9 Å². The van der Waals surface area contributed by atoms with Crippen LogP contribution in [0.1, 0.15) is 16.2 Å². The second-order valence-electron chi connectivity index (χ2n) is 7.27. The predicted molar refractivity (Wildman–Crippen MR) is 120 cm³/mol. The van der Waals surface area contributed by atoms with Gasteiger partial charge < -0.3 is 10.1 Å². The van der Waals surface area contributed by atoms with E-state index >= 15 is 0 Å². The van der Waals surface area contributed by atoms with Gasteiger partial charge in [-0.05, 0) is 24.3 Å². The van der Waals surface area contributed by atoms with Crippen LogP contribution >= 0.6 is 0 Å². The lowest BCUT2D eigenvalue weighted by Crippen LogP contribution is -2.17. The second-order valence-corrected chi connectivity index (χ2v) is 9.40. The summed E-state index contributed by atoms with van der Waals surface area (Å²) in [5.41, 5.74) is -0.901. The zero-order chi connectivity index (χ0) is 25.2. The Kier molecular flexibility index (Phi) is 6.39. The fourth-order valence-corrected chi connectivity index (χ4v) is 4.25. The number of anilines is 1. The van der Waals surface area contributed by atoms with Crippen molar-refractivity contribution in [3.05, 3.63) is 66.4 Å². The largest absolute Gasteiger partial charge is 0.494 e. The molecule has 1 amide bonds. The predicted octanol–water partition coefficient (Wildman–Crippen LogP) is 3.61. The van der Waals surface area contributed by atoms with Crippen molar-refractivity contribution in [1.29, 1.82) is 4.78 Å². The molecule has 0 aliphatic heterocycles. The highest BCUT2D eigenvalue weighted by molar-refractivity contribution is 7.92. The van der Waals surface area contributed by atoms with Gasteiger partial charge in [-0.3, -0.25) is 9.48 Å². The number of hydrogen-bond acceptors (Lipinski definition) is 8. The molecule has 1 unspecified atom stereocenters. The minimum absolute atomic E-state index is 0.0634. The molecule has 1 aromatic carbocycles. The van der Waals surface area contributed by atoms with E-state index in [1.165, 1.54) is 30.3 Å². The maximum absolute atomic E-state index is 12.9. The summed E-state index contributed by atoms with van der Waals surface area (Å²) >= 11 is 0. The molecule has 0 aliphatic carbocycles. The molecule has 35 heavy (non-hydrogen) atoms. The lowest BCUT2D eigenvalue weighted by molar-refractivity contribution is -0.141. The number of nitrogens with zero attached hydrogens (tertiary/aromatic N) is 5. The SMILES string of the molecule is COc1cc2nn(CCS(=N)(=O)c3ncccn3)cc2cc1NC(=O)c1cccc(C(F)(F)F)n1. The highest BCUT2D eigenvalue weighted by Gasteiger charge is 2.33. The molecule has 2 N–H and O–H groups in total. The monoisotopic (exact) mass is 505 g/mol. The molecular weight excluding hydrogens is 487 g/mol. The minimum atomic E-state index is -4.68. The number of halogens is 3. The number of methoxy groups -OCH3 is 1. The Hall–Kier alpha value is -4.07. The van der Waals surface area contributed by atoms with E-state index in [9.17, 15) is 22.2 Å². The van der Waals surface area contributed by atoms with Crippen LogP contribution in [0.2, 0.25) is 0 Å². The maximum atomic E-state index is 12.9. The summed E-state index contributed by atoms with van der Waals surface area (Å²) in [7, 11) is -1.86. The average Bonchev–Trinajstić information content (AvgIpc) is 3.24. The molecule has 0 spiro atoms. The van der Waals surface area contributed by atoms with Gasteiger partial charge in [-0.25, -0.2) is 23.9 Å². The Labute approximate surface area is 197 Å². The Balaban J connectivity index is 1.56.